The number of allylic oxidation sites excluding steroid dienone is 1. The van der Waals surface area contributed by atoms with Gasteiger partial charge in [0.05, 0.1) is 21.9 Å². The van der Waals surface area contributed by atoms with Gasteiger partial charge in [-0.15, -0.1) is 11.3 Å². The maximum atomic E-state index is 13.0. The van der Waals surface area contributed by atoms with Crippen LogP contribution < -0.4 is 0 Å². The molecular formula is C23H11BrClF3N2OS. The second-order valence-corrected chi connectivity index (χ2v) is 8.79. The van der Waals surface area contributed by atoms with E-state index in [-0.39, 0.29) is 21.9 Å². The summed E-state index contributed by atoms with van der Waals surface area (Å²) in [6.45, 7) is 0. The van der Waals surface area contributed by atoms with Gasteiger partial charge in [0.25, 0.3) is 0 Å². The summed E-state index contributed by atoms with van der Waals surface area (Å²) in [5.41, 5.74) is 1.20. The molecule has 0 unspecified atom stereocenters. The maximum absolute atomic E-state index is 13.0. The van der Waals surface area contributed by atoms with Gasteiger partial charge in [-0.05, 0) is 42.5 Å². The summed E-state index contributed by atoms with van der Waals surface area (Å²) in [6, 6.07) is 15.8. The number of hydrogen-bond acceptors (Lipinski definition) is 4. The molecule has 0 fully saturated rings. The van der Waals surface area contributed by atoms with Crippen molar-refractivity contribution in [2.24, 2.45) is 0 Å². The zero-order chi connectivity index (χ0) is 22.9. The van der Waals surface area contributed by atoms with Crippen LogP contribution in [-0.4, -0.2) is 4.98 Å². The molecule has 4 rings (SSSR count). The highest BCUT2D eigenvalue weighted by molar-refractivity contribution is 9.10. The number of rotatable bonds is 4. The van der Waals surface area contributed by atoms with Gasteiger partial charge in [0.1, 0.15) is 22.6 Å². The molecule has 160 valence electrons. The van der Waals surface area contributed by atoms with Crippen molar-refractivity contribution in [1.82, 2.24) is 4.98 Å². The largest absolute Gasteiger partial charge is 0.457 e. The van der Waals surface area contributed by atoms with Gasteiger partial charge in [-0.25, -0.2) is 4.98 Å². The Bertz CT molecular complexity index is 1350. The predicted molar refractivity (Wildman–Crippen MR) is 123 cm³/mol. The second-order valence-electron chi connectivity index (χ2n) is 6.61. The normalized spacial score (nSPS) is 12.1. The minimum atomic E-state index is -4.50. The zero-order valence-electron chi connectivity index (χ0n) is 16.0. The molecule has 3 nitrogen and oxygen atoms in total. The molecule has 0 saturated carbocycles. The van der Waals surface area contributed by atoms with Crippen molar-refractivity contribution in [3.63, 3.8) is 0 Å². The van der Waals surface area contributed by atoms with Crippen LogP contribution in [0, 0.1) is 11.3 Å². The first-order valence-corrected chi connectivity index (χ1v) is 11.1. The Labute approximate surface area is 198 Å². The number of nitrogens with zero attached hydrogens (tertiary/aromatic N) is 2. The molecule has 0 aliphatic heterocycles. The molecule has 2 aromatic heterocycles. The van der Waals surface area contributed by atoms with Crippen molar-refractivity contribution in [1.29, 1.82) is 5.26 Å². The van der Waals surface area contributed by atoms with Crippen molar-refractivity contribution in [3.05, 3.63) is 85.8 Å². The van der Waals surface area contributed by atoms with E-state index >= 15 is 0 Å². The first-order valence-electron chi connectivity index (χ1n) is 9.05. The molecule has 2 heterocycles. The highest BCUT2D eigenvalue weighted by Crippen LogP contribution is 2.37. The molecule has 0 spiro atoms. The van der Waals surface area contributed by atoms with Crippen molar-refractivity contribution < 1.29 is 17.6 Å². The first-order chi connectivity index (χ1) is 15.2. The van der Waals surface area contributed by atoms with Crippen LogP contribution in [0.5, 0.6) is 0 Å². The summed E-state index contributed by atoms with van der Waals surface area (Å²) in [5, 5.41) is 12.1. The standard InChI is InChI=1S/C23H11BrClF3N2OS/c24-16-4-1-13(2-5-16)20-12-32-22(30-20)14(11-29)9-17-6-8-21(31-17)18-10-15(23(26,27)28)3-7-19(18)25/h1-10,12H. The molecule has 0 N–H and O–H groups in total. The first kappa shape index (κ1) is 22.3. The number of furan rings is 1. The average molecular weight is 536 g/mol. The Hall–Kier alpha value is -2.86. The van der Waals surface area contributed by atoms with Crippen molar-refractivity contribution >= 4 is 50.5 Å². The molecule has 0 bridgehead atoms. The zero-order valence-corrected chi connectivity index (χ0v) is 19.1. The van der Waals surface area contributed by atoms with Crippen LogP contribution in [0.25, 0.3) is 34.2 Å². The average Bonchev–Trinajstić information content (AvgIpc) is 3.42. The Morgan fingerprint density at radius 2 is 1.88 bits per heavy atom. The number of benzene rings is 2. The topological polar surface area (TPSA) is 49.8 Å². The summed E-state index contributed by atoms with van der Waals surface area (Å²) in [7, 11) is 0. The Morgan fingerprint density at radius 3 is 2.56 bits per heavy atom. The number of nitriles is 1. The van der Waals surface area contributed by atoms with Gasteiger partial charge >= 0.3 is 6.18 Å². The van der Waals surface area contributed by atoms with Crippen LogP contribution in [0.2, 0.25) is 5.02 Å². The minimum absolute atomic E-state index is 0.117. The maximum Gasteiger partial charge on any atom is 0.416 e. The lowest BCUT2D eigenvalue weighted by Gasteiger charge is -2.09. The highest BCUT2D eigenvalue weighted by Gasteiger charge is 2.31. The molecule has 0 aliphatic carbocycles. The van der Waals surface area contributed by atoms with E-state index in [1.54, 1.807) is 6.07 Å². The fraction of sp³-hybridized carbons (Fsp3) is 0.0435. The van der Waals surface area contributed by atoms with E-state index in [9.17, 15) is 18.4 Å². The van der Waals surface area contributed by atoms with Gasteiger partial charge in [0.2, 0.25) is 0 Å². The van der Waals surface area contributed by atoms with Crippen molar-refractivity contribution in [2.75, 3.05) is 0 Å². The van der Waals surface area contributed by atoms with Gasteiger partial charge in [-0.1, -0.05) is 39.7 Å². The number of halogens is 5. The summed E-state index contributed by atoms with van der Waals surface area (Å²) >= 11 is 10.8. The Morgan fingerprint density at radius 1 is 1.12 bits per heavy atom. The van der Waals surface area contributed by atoms with Gasteiger partial charge < -0.3 is 4.42 Å². The van der Waals surface area contributed by atoms with E-state index in [0.717, 1.165) is 27.9 Å². The molecule has 9 heteroatoms. The molecular weight excluding hydrogens is 525 g/mol. The van der Waals surface area contributed by atoms with Crippen LogP contribution >= 0.6 is 38.9 Å². The van der Waals surface area contributed by atoms with Gasteiger partial charge in [0.15, 0.2) is 0 Å². The summed E-state index contributed by atoms with van der Waals surface area (Å²) in [5.74, 6) is 0.463. The molecule has 2 aromatic carbocycles. The van der Waals surface area contributed by atoms with Crippen LogP contribution in [0.1, 0.15) is 16.3 Å². The highest BCUT2D eigenvalue weighted by atomic mass is 79.9. The lowest BCUT2D eigenvalue weighted by Crippen LogP contribution is -2.04. The van der Waals surface area contributed by atoms with Crippen LogP contribution in [-0.2, 0) is 6.18 Å². The Kier molecular flexibility index (Phi) is 6.24. The number of aromatic nitrogens is 1. The smallest absolute Gasteiger partial charge is 0.416 e. The molecule has 0 saturated heterocycles. The summed E-state index contributed by atoms with van der Waals surface area (Å²) < 4.78 is 45.7. The van der Waals surface area contributed by atoms with Crippen LogP contribution in [0.15, 0.2) is 68.9 Å². The molecule has 0 aliphatic rings. The SMILES string of the molecule is N#CC(=Cc1ccc(-c2cc(C(F)(F)F)ccc2Cl)o1)c1nc(-c2ccc(Br)cc2)cs1. The lowest BCUT2D eigenvalue weighted by atomic mass is 10.1. The molecule has 32 heavy (non-hydrogen) atoms. The summed E-state index contributed by atoms with van der Waals surface area (Å²) in [6.07, 6.45) is -3.00. The molecule has 0 atom stereocenters. The lowest BCUT2D eigenvalue weighted by molar-refractivity contribution is -0.137. The third-order valence-corrected chi connectivity index (χ3v) is 6.20. The third-order valence-electron chi connectivity index (χ3n) is 4.47. The van der Waals surface area contributed by atoms with Crippen molar-refractivity contribution in [3.8, 4) is 28.7 Å². The van der Waals surface area contributed by atoms with Crippen molar-refractivity contribution in [2.45, 2.75) is 6.18 Å². The molecule has 0 amide bonds. The monoisotopic (exact) mass is 534 g/mol. The fourth-order valence-electron chi connectivity index (χ4n) is 2.90. The number of thiazole rings is 1. The number of hydrogen-bond donors (Lipinski definition) is 0. The van der Waals surface area contributed by atoms with E-state index in [2.05, 4.69) is 27.0 Å². The predicted octanol–water partition coefficient (Wildman–Crippen LogP) is 8.57. The second kappa shape index (κ2) is 8.94. The van der Waals surface area contributed by atoms with E-state index in [4.69, 9.17) is 16.0 Å². The third kappa shape index (κ3) is 4.80. The molecule has 0 radical (unpaired) electrons. The minimum Gasteiger partial charge on any atom is -0.457 e. The van der Waals surface area contributed by atoms with Gasteiger partial charge in [-0.2, -0.15) is 18.4 Å². The van der Waals surface area contributed by atoms with Gasteiger partial charge in [-0.3, -0.25) is 0 Å². The quantitative estimate of drug-likeness (QED) is 0.246. The number of alkyl halides is 3. The van der Waals surface area contributed by atoms with E-state index in [1.807, 2.05) is 29.6 Å². The summed E-state index contributed by atoms with van der Waals surface area (Å²) in [4.78, 5) is 4.52. The van der Waals surface area contributed by atoms with Crippen LogP contribution in [0.3, 0.4) is 0 Å². The van der Waals surface area contributed by atoms with Crippen LogP contribution in [0.4, 0.5) is 13.2 Å². The fourth-order valence-corrected chi connectivity index (χ4v) is 4.17. The molecule has 4 aromatic rings. The van der Waals surface area contributed by atoms with Gasteiger partial charge in [0, 0.05) is 27.1 Å². The van der Waals surface area contributed by atoms with E-state index in [1.165, 1.54) is 29.5 Å². The Balaban J connectivity index is 1.64. The van der Waals surface area contributed by atoms with E-state index < -0.39 is 11.7 Å². The van der Waals surface area contributed by atoms with E-state index in [0.29, 0.717) is 10.8 Å².